The molecule has 1 aromatic rings. The second-order valence-electron chi connectivity index (χ2n) is 6.76. The number of nitrogens with zero attached hydrogens (tertiary/aromatic N) is 3. The molecule has 0 aliphatic carbocycles. The summed E-state index contributed by atoms with van der Waals surface area (Å²) in [4.78, 5) is 17.0. The molecule has 1 aromatic carbocycles. The maximum Gasteiger partial charge on any atom is 0.471 e. The van der Waals surface area contributed by atoms with Crippen LogP contribution in [0.3, 0.4) is 0 Å². The molecule has 8 heteroatoms. The van der Waals surface area contributed by atoms with Crippen molar-refractivity contribution in [2.75, 3.05) is 57.2 Å². The Labute approximate surface area is 152 Å². The number of benzene rings is 1. The summed E-state index contributed by atoms with van der Waals surface area (Å²) in [6.07, 6.45) is -4.13. The topological polar surface area (TPSA) is 36.0 Å². The minimum atomic E-state index is -4.91. The van der Waals surface area contributed by atoms with Crippen LogP contribution in [0.2, 0.25) is 0 Å². The zero-order valence-electron chi connectivity index (χ0n) is 15.4. The molecule has 0 radical (unpaired) electrons. The Balaban J connectivity index is 2.29. The summed E-state index contributed by atoms with van der Waals surface area (Å²) < 4.78 is 44.7. The first-order chi connectivity index (χ1) is 12.2. The SMILES string of the molecule is CN(C)CCN(C)c1cccc(N(C(=O)C(F)(F)F)C2CCOCC2)c1. The first-order valence-corrected chi connectivity index (χ1v) is 8.64. The van der Waals surface area contributed by atoms with Crippen LogP contribution < -0.4 is 9.80 Å². The zero-order chi connectivity index (χ0) is 19.3. The van der Waals surface area contributed by atoms with Crippen molar-refractivity contribution >= 4 is 17.3 Å². The van der Waals surface area contributed by atoms with E-state index in [1.807, 2.05) is 37.0 Å². The summed E-state index contributed by atoms with van der Waals surface area (Å²) in [6, 6.07) is 6.21. The third-order valence-electron chi connectivity index (χ3n) is 4.45. The molecule has 1 aliphatic heterocycles. The van der Waals surface area contributed by atoms with E-state index in [0.717, 1.165) is 23.7 Å². The number of anilines is 2. The van der Waals surface area contributed by atoms with Crippen molar-refractivity contribution in [1.29, 1.82) is 0 Å². The van der Waals surface area contributed by atoms with Gasteiger partial charge in [0.25, 0.3) is 0 Å². The number of rotatable bonds is 6. The predicted molar refractivity (Wildman–Crippen MR) is 95.6 cm³/mol. The Morgan fingerprint density at radius 3 is 2.31 bits per heavy atom. The largest absolute Gasteiger partial charge is 0.471 e. The smallest absolute Gasteiger partial charge is 0.381 e. The Morgan fingerprint density at radius 2 is 1.73 bits per heavy atom. The molecule has 1 heterocycles. The summed E-state index contributed by atoms with van der Waals surface area (Å²) in [6.45, 7) is 2.25. The van der Waals surface area contributed by atoms with E-state index in [1.165, 1.54) is 0 Å². The molecule has 0 saturated carbocycles. The lowest BCUT2D eigenvalue weighted by molar-refractivity contribution is -0.171. The number of likely N-dealkylation sites (N-methyl/N-ethyl adjacent to an activating group) is 2. The Kier molecular flexibility index (Phi) is 6.88. The van der Waals surface area contributed by atoms with Gasteiger partial charge in [-0.2, -0.15) is 13.2 Å². The monoisotopic (exact) mass is 373 g/mol. The molecule has 0 atom stereocenters. The average molecular weight is 373 g/mol. The van der Waals surface area contributed by atoms with Crippen molar-refractivity contribution in [1.82, 2.24) is 4.90 Å². The maximum absolute atomic E-state index is 13.2. The van der Waals surface area contributed by atoms with Crippen LogP contribution >= 0.6 is 0 Å². The summed E-state index contributed by atoms with van der Waals surface area (Å²) in [7, 11) is 5.80. The molecule has 1 saturated heterocycles. The minimum absolute atomic E-state index is 0.272. The van der Waals surface area contributed by atoms with Crippen LogP contribution in [0, 0.1) is 0 Å². The zero-order valence-corrected chi connectivity index (χ0v) is 15.4. The molecule has 2 rings (SSSR count). The molecule has 5 nitrogen and oxygen atoms in total. The number of carbonyl (C=O) groups excluding carboxylic acids is 1. The summed E-state index contributed by atoms with van der Waals surface area (Å²) in [5.41, 5.74) is 1.05. The number of carbonyl (C=O) groups is 1. The van der Waals surface area contributed by atoms with E-state index in [1.54, 1.807) is 18.2 Å². The molecule has 1 amide bonds. The molecule has 26 heavy (non-hydrogen) atoms. The Morgan fingerprint density at radius 1 is 1.12 bits per heavy atom. The van der Waals surface area contributed by atoms with Crippen molar-refractivity contribution in [3.05, 3.63) is 24.3 Å². The van der Waals surface area contributed by atoms with Crippen molar-refractivity contribution in [2.45, 2.75) is 25.1 Å². The lowest BCUT2D eigenvalue weighted by Crippen LogP contribution is -2.49. The predicted octanol–water partition coefficient (Wildman–Crippen LogP) is 2.76. The van der Waals surface area contributed by atoms with Crippen LogP contribution in [0.5, 0.6) is 0 Å². The van der Waals surface area contributed by atoms with Gasteiger partial charge in [-0.05, 0) is 45.1 Å². The summed E-state index contributed by atoms with van der Waals surface area (Å²) in [5, 5.41) is 0. The lowest BCUT2D eigenvalue weighted by Gasteiger charge is -2.35. The second kappa shape index (κ2) is 8.73. The number of halogens is 3. The van der Waals surface area contributed by atoms with Gasteiger partial charge in [0.05, 0.1) is 0 Å². The van der Waals surface area contributed by atoms with E-state index in [2.05, 4.69) is 0 Å². The molecule has 0 spiro atoms. The fourth-order valence-electron chi connectivity index (χ4n) is 2.93. The quantitative estimate of drug-likeness (QED) is 0.768. The van der Waals surface area contributed by atoms with Crippen LogP contribution in [0.1, 0.15) is 12.8 Å². The van der Waals surface area contributed by atoms with E-state index < -0.39 is 18.1 Å². The van der Waals surface area contributed by atoms with E-state index in [-0.39, 0.29) is 5.69 Å². The molecule has 0 aromatic heterocycles. The standard InChI is InChI=1S/C18H26F3N3O2/c1-22(2)9-10-23(3)15-5-4-6-16(13-15)24(17(25)18(19,20)21)14-7-11-26-12-8-14/h4-6,13-14H,7-12H2,1-3H3. The van der Waals surface area contributed by atoms with E-state index >= 15 is 0 Å². The highest BCUT2D eigenvalue weighted by atomic mass is 19.4. The van der Waals surface area contributed by atoms with Crippen LogP contribution in [-0.2, 0) is 9.53 Å². The van der Waals surface area contributed by atoms with Gasteiger partial charge < -0.3 is 19.4 Å². The minimum Gasteiger partial charge on any atom is -0.381 e. The van der Waals surface area contributed by atoms with Gasteiger partial charge in [0.1, 0.15) is 0 Å². The molecule has 0 N–H and O–H groups in total. The van der Waals surface area contributed by atoms with Crippen LogP contribution in [0.4, 0.5) is 24.5 Å². The second-order valence-corrected chi connectivity index (χ2v) is 6.76. The van der Waals surface area contributed by atoms with Gasteiger partial charge in [-0.1, -0.05) is 6.07 Å². The molecule has 1 fully saturated rings. The highest BCUT2D eigenvalue weighted by Gasteiger charge is 2.45. The number of hydrogen-bond donors (Lipinski definition) is 0. The maximum atomic E-state index is 13.2. The first-order valence-electron chi connectivity index (χ1n) is 8.64. The fourth-order valence-corrected chi connectivity index (χ4v) is 2.93. The van der Waals surface area contributed by atoms with Crippen LogP contribution in [-0.4, -0.2) is 70.5 Å². The highest BCUT2D eigenvalue weighted by molar-refractivity contribution is 5.98. The average Bonchev–Trinajstić information content (AvgIpc) is 2.60. The van der Waals surface area contributed by atoms with Gasteiger partial charge in [-0.15, -0.1) is 0 Å². The third kappa shape index (κ3) is 5.35. The van der Waals surface area contributed by atoms with Crippen LogP contribution in [0.25, 0.3) is 0 Å². The van der Waals surface area contributed by atoms with Gasteiger partial charge in [-0.25, -0.2) is 0 Å². The van der Waals surface area contributed by atoms with Gasteiger partial charge in [0.15, 0.2) is 0 Å². The Hall–Kier alpha value is -1.80. The van der Waals surface area contributed by atoms with Crippen molar-refractivity contribution in [2.24, 2.45) is 0 Å². The first kappa shape index (κ1) is 20.5. The van der Waals surface area contributed by atoms with Crippen molar-refractivity contribution in [3.8, 4) is 0 Å². The summed E-state index contributed by atoms with van der Waals surface area (Å²) >= 11 is 0. The van der Waals surface area contributed by atoms with Gasteiger partial charge >= 0.3 is 12.1 Å². The van der Waals surface area contributed by atoms with Gasteiger partial charge in [-0.3, -0.25) is 4.79 Å². The molecular formula is C18H26F3N3O2. The molecule has 0 bridgehead atoms. The van der Waals surface area contributed by atoms with Crippen LogP contribution in [0.15, 0.2) is 24.3 Å². The fraction of sp³-hybridized carbons (Fsp3) is 0.611. The van der Waals surface area contributed by atoms with E-state index in [9.17, 15) is 18.0 Å². The molecular weight excluding hydrogens is 347 g/mol. The Bertz CT molecular complexity index is 602. The highest BCUT2D eigenvalue weighted by Crippen LogP contribution is 2.31. The van der Waals surface area contributed by atoms with Crippen molar-refractivity contribution < 1.29 is 22.7 Å². The lowest BCUT2D eigenvalue weighted by atomic mass is 10.1. The summed E-state index contributed by atoms with van der Waals surface area (Å²) in [5.74, 6) is -1.82. The molecule has 0 unspecified atom stereocenters. The number of alkyl halides is 3. The van der Waals surface area contributed by atoms with Gasteiger partial charge in [0.2, 0.25) is 0 Å². The van der Waals surface area contributed by atoms with Gasteiger partial charge in [0, 0.05) is 50.8 Å². The van der Waals surface area contributed by atoms with Crippen molar-refractivity contribution in [3.63, 3.8) is 0 Å². The normalized spacial score (nSPS) is 16.0. The number of ether oxygens (including phenoxy) is 1. The third-order valence-corrected chi connectivity index (χ3v) is 4.45. The number of hydrogen-bond acceptors (Lipinski definition) is 4. The molecule has 146 valence electrons. The van der Waals surface area contributed by atoms with E-state index in [0.29, 0.717) is 26.1 Å². The number of amides is 1. The molecule has 1 aliphatic rings. The van der Waals surface area contributed by atoms with E-state index in [4.69, 9.17) is 4.74 Å².